The molecular formula is C13H22N2O4. The number of hydrogen-bond donors (Lipinski definition) is 1. The minimum Gasteiger partial charge on any atom is -0.375 e. The second kappa shape index (κ2) is 7.89. The predicted molar refractivity (Wildman–Crippen MR) is 69.5 cm³/mol. The van der Waals surface area contributed by atoms with Gasteiger partial charge in [0.05, 0.1) is 0 Å². The molecule has 0 radical (unpaired) electrons. The van der Waals surface area contributed by atoms with E-state index in [0.717, 1.165) is 12.8 Å². The van der Waals surface area contributed by atoms with Crippen LogP contribution in [0.15, 0.2) is 0 Å². The normalized spacial score (nSPS) is 16.2. The molecule has 0 saturated carbocycles. The lowest BCUT2D eigenvalue weighted by molar-refractivity contribution is -0.134. The summed E-state index contributed by atoms with van der Waals surface area (Å²) in [6.07, 6.45) is 2.10. The summed E-state index contributed by atoms with van der Waals surface area (Å²) in [7, 11) is 1.48. The molecule has 1 saturated heterocycles. The van der Waals surface area contributed by atoms with Crippen LogP contribution < -0.4 is 5.32 Å². The molecule has 19 heavy (non-hydrogen) atoms. The van der Waals surface area contributed by atoms with E-state index in [2.05, 4.69) is 5.32 Å². The van der Waals surface area contributed by atoms with E-state index >= 15 is 0 Å². The summed E-state index contributed by atoms with van der Waals surface area (Å²) < 4.78 is 4.75. The third-order valence-corrected chi connectivity index (χ3v) is 3.18. The fourth-order valence-electron chi connectivity index (χ4n) is 2.11. The lowest BCUT2D eigenvalue weighted by Gasteiger charge is -2.32. The average Bonchev–Trinajstić information content (AvgIpc) is 2.37. The molecule has 108 valence electrons. The van der Waals surface area contributed by atoms with E-state index in [9.17, 15) is 14.4 Å². The maximum Gasteiger partial charge on any atom is 0.246 e. The number of ketones is 1. The third-order valence-electron chi connectivity index (χ3n) is 3.18. The Labute approximate surface area is 113 Å². The summed E-state index contributed by atoms with van der Waals surface area (Å²) in [4.78, 5) is 35.8. The van der Waals surface area contributed by atoms with Crippen molar-refractivity contribution in [3.63, 3.8) is 0 Å². The van der Waals surface area contributed by atoms with Gasteiger partial charge in [-0.05, 0) is 19.8 Å². The highest BCUT2D eigenvalue weighted by atomic mass is 16.5. The lowest BCUT2D eigenvalue weighted by Crippen LogP contribution is -2.47. The molecule has 0 bridgehead atoms. The molecule has 0 spiro atoms. The van der Waals surface area contributed by atoms with Crippen LogP contribution in [0.1, 0.15) is 32.6 Å². The number of piperidine rings is 1. The molecule has 1 aliphatic heterocycles. The quantitative estimate of drug-likeness (QED) is 0.743. The first-order chi connectivity index (χ1) is 9.02. The maximum atomic E-state index is 11.8. The molecule has 1 fully saturated rings. The number of nitrogens with zero attached hydrogens (tertiary/aromatic N) is 1. The Morgan fingerprint density at radius 3 is 2.37 bits per heavy atom. The number of rotatable bonds is 6. The minimum absolute atomic E-state index is 0.0249. The zero-order valence-corrected chi connectivity index (χ0v) is 11.6. The van der Waals surface area contributed by atoms with Crippen LogP contribution in [0.3, 0.4) is 0 Å². The summed E-state index contributed by atoms with van der Waals surface area (Å²) in [6, 6.07) is 0.111. The van der Waals surface area contributed by atoms with Gasteiger partial charge in [-0.15, -0.1) is 0 Å². The number of Topliss-reactive ketones (excluding diaryl/α,β-unsaturated/α-hetero) is 1. The van der Waals surface area contributed by atoms with Crippen molar-refractivity contribution >= 4 is 17.6 Å². The van der Waals surface area contributed by atoms with Crippen molar-refractivity contribution in [2.24, 2.45) is 0 Å². The molecule has 0 aromatic carbocycles. The minimum atomic E-state index is -0.121. The molecule has 0 unspecified atom stereocenters. The summed E-state index contributed by atoms with van der Waals surface area (Å²) in [5.41, 5.74) is 0. The van der Waals surface area contributed by atoms with Crippen LogP contribution in [0.2, 0.25) is 0 Å². The van der Waals surface area contributed by atoms with Crippen molar-refractivity contribution in [2.45, 2.75) is 38.6 Å². The molecule has 1 aliphatic rings. The predicted octanol–water partition coefficient (Wildman–Crippen LogP) is 0.109. The van der Waals surface area contributed by atoms with Gasteiger partial charge in [-0.25, -0.2) is 0 Å². The molecule has 0 atom stereocenters. The maximum absolute atomic E-state index is 11.8. The first-order valence-electron chi connectivity index (χ1n) is 6.58. The number of hydrogen-bond acceptors (Lipinski definition) is 4. The van der Waals surface area contributed by atoms with Gasteiger partial charge in [0.25, 0.3) is 0 Å². The molecule has 0 aromatic rings. The first-order valence-corrected chi connectivity index (χ1v) is 6.58. The summed E-state index contributed by atoms with van der Waals surface area (Å²) in [5, 5.41) is 2.87. The van der Waals surface area contributed by atoms with E-state index in [1.165, 1.54) is 14.0 Å². The number of carbonyl (C=O) groups is 3. The van der Waals surface area contributed by atoms with Gasteiger partial charge in [0, 0.05) is 39.1 Å². The standard InChI is InChI=1S/C13H22N2O4/c1-10(16)3-4-13(18)15-7-5-11(6-8-15)14-12(17)9-19-2/h11H,3-9H2,1-2H3,(H,14,17). The summed E-state index contributed by atoms with van der Waals surface area (Å²) in [6.45, 7) is 2.83. The third kappa shape index (κ3) is 5.83. The molecule has 0 aliphatic carbocycles. The van der Waals surface area contributed by atoms with Gasteiger partial charge in [-0.1, -0.05) is 0 Å². The van der Waals surface area contributed by atoms with Crippen molar-refractivity contribution in [1.82, 2.24) is 10.2 Å². The molecule has 6 nitrogen and oxygen atoms in total. The zero-order chi connectivity index (χ0) is 14.3. The summed E-state index contributed by atoms with van der Waals surface area (Å²) >= 11 is 0. The summed E-state index contributed by atoms with van der Waals surface area (Å²) in [5.74, 6) is -0.0595. The van der Waals surface area contributed by atoms with Crippen LogP contribution in [0.25, 0.3) is 0 Å². The Bertz CT molecular complexity index is 336. The van der Waals surface area contributed by atoms with Crippen LogP contribution in [-0.4, -0.2) is 55.3 Å². The highest BCUT2D eigenvalue weighted by Crippen LogP contribution is 2.12. The van der Waals surface area contributed by atoms with Gasteiger partial charge < -0.3 is 19.7 Å². The monoisotopic (exact) mass is 270 g/mol. The molecule has 1 heterocycles. The van der Waals surface area contributed by atoms with Crippen LogP contribution in [0, 0.1) is 0 Å². The van der Waals surface area contributed by atoms with Gasteiger partial charge in [0.2, 0.25) is 11.8 Å². The first kappa shape index (κ1) is 15.6. The number of ether oxygens (including phenoxy) is 1. The molecule has 1 rings (SSSR count). The van der Waals surface area contributed by atoms with Crippen LogP contribution in [-0.2, 0) is 19.1 Å². The van der Waals surface area contributed by atoms with E-state index < -0.39 is 0 Å². The second-order valence-corrected chi connectivity index (χ2v) is 4.86. The Kier molecular flexibility index (Phi) is 6.49. The van der Waals surface area contributed by atoms with E-state index in [4.69, 9.17) is 4.74 Å². The molecule has 0 aromatic heterocycles. The molecule has 2 amide bonds. The van der Waals surface area contributed by atoms with Crippen LogP contribution in [0.4, 0.5) is 0 Å². The van der Waals surface area contributed by atoms with Crippen molar-refractivity contribution in [1.29, 1.82) is 0 Å². The number of likely N-dealkylation sites (tertiary alicyclic amines) is 1. The zero-order valence-electron chi connectivity index (χ0n) is 11.6. The molecule has 1 N–H and O–H groups in total. The highest BCUT2D eigenvalue weighted by molar-refractivity contribution is 5.83. The van der Waals surface area contributed by atoms with E-state index in [1.54, 1.807) is 4.90 Å². The number of methoxy groups -OCH3 is 1. The largest absolute Gasteiger partial charge is 0.375 e. The SMILES string of the molecule is COCC(=O)NC1CCN(C(=O)CCC(C)=O)CC1. The van der Waals surface area contributed by atoms with Crippen molar-refractivity contribution in [2.75, 3.05) is 26.8 Å². The van der Waals surface area contributed by atoms with Crippen LogP contribution in [0.5, 0.6) is 0 Å². The van der Waals surface area contributed by atoms with E-state index in [1.807, 2.05) is 0 Å². The second-order valence-electron chi connectivity index (χ2n) is 4.86. The fraction of sp³-hybridized carbons (Fsp3) is 0.769. The fourth-order valence-corrected chi connectivity index (χ4v) is 2.11. The Morgan fingerprint density at radius 1 is 1.21 bits per heavy atom. The Balaban J connectivity index is 2.26. The average molecular weight is 270 g/mol. The van der Waals surface area contributed by atoms with E-state index in [0.29, 0.717) is 19.5 Å². The van der Waals surface area contributed by atoms with Gasteiger partial charge in [0.15, 0.2) is 0 Å². The Morgan fingerprint density at radius 2 is 1.84 bits per heavy atom. The van der Waals surface area contributed by atoms with Crippen molar-refractivity contribution < 1.29 is 19.1 Å². The van der Waals surface area contributed by atoms with Gasteiger partial charge in [-0.3, -0.25) is 9.59 Å². The van der Waals surface area contributed by atoms with Gasteiger partial charge >= 0.3 is 0 Å². The smallest absolute Gasteiger partial charge is 0.246 e. The number of amides is 2. The lowest BCUT2D eigenvalue weighted by atomic mass is 10.0. The van der Waals surface area contributed by atoms with Gasteiger partial charge in [0.1, 0.15) is 12.4 Å². The Hall–Kier alpha value is -1.43. The number of nitrogens with one attached hydrogen (secondary N) is 1. The molecule has 6 heteroatoms. The van der Waals surface area contributed by atoms with E-state index in [-0.39, 0.29) is 36.7 Å². The van der Waals surface area contributed by atoms with Crippen LogP contribution >= 0.6 is 0 Å². The van der Waals surface area contributed by atoms with Crippen molar-refractivity contribution in [3.05, 3.63) is 0 Å². The topological polar surface area (TPSA) is 75.7 Å². The highest BCUT2D eigenvalue weighted by Gasteiger charge is 2.23. The molecular weight excluding hydrogens is 248 g/mol. The van der Waals surface area contributed by atoms with Gasteiger partial charge in [-0.2, -0.15) is 0 Å². The number of carbonyl (C=O) groups excluding carboxylic acids is 3. The van der Waals surface area contributed by atoms with Crippen molar-refractivity contribution in [3.8, 4) is 0 Å².